The van der Waals surface area contributed by atoms with Crippen LogP contribution in [0.4, 0.5) is 0 Å². The number of nitrogens with zero attached hydrogens (tertiary/aromatic N) is 2. The lowest BCUT2D eigenvalue weighted by Crippen LogP contribution is -2.39. The number of nitrogens with one attached hydrogen (secondary N) is 1. The SMILES string of the molecule is COc1nccnc1C(NN)C(OC)C1CC1. The zero-order valence-corrected chi connectivity index (χ0v) is 10.1. The number of nitrogens with two attached hydrogens (primary N) is 1. The Bertz CT molecular complexity index is 370. The van der Waals surface area contributed by atoms with Gasteiger partial charge in [0, 0.05) is 19.5 Å². The van der Waals surface area contributed by atoms with Crippen LogP contribution in [0.5, 0.6) is 5.88 Å². The molecular formula is C11H18N4O2. The van der Waals surface area contributed by atoms with Crippen molar-refractivity contribution in [2.24, 2.45) is 11.8 Å². The molecule has 1 aromatic heterocycles. The zero-order chi connectivity index (χ0) is 12.3. The van der Waals surface area contributed by atoms with Gasteiger partial charge < -0.3 is 9.47 Å². The summed E-state index contributed by atoms with van der Waals surface area (Å²) in [6.07, 6.45) is 5.56. The summed E-state index contributed by atoms with van der Waals surface area (Å²) >= 11 is 0. The molecule has 1 aliphatic rings. The quantitative estimate of drug-likeness (QED) is 0.552. The van der Waals surface area contributed by atoms with Gasteiger partial charge in [-0.15, -0.1) is 0 Å². The monoisotopic (exact) mass is 238 g/mol. The zero-order valence-electron chi connectivity index (χ0n) is 10.1. The minimum atomic E-state index is -0.198. The summed E-state index contributed by atoms with van der Waals surface area (Å²) in [5.74, 6) is 6.64. The standard InChI is InChI=1S/C11H18N4O2/c1-16-10(7-3-4-7)8(15-12)9-11(17-2)14-6-5-13-9/h5-8,10,15H,3-4,12H2,1-2H3. The van der Waals surface area contributed by atoms with Crippen LogP contribution in [-0.2, 0) is 4.74 Å². The summed E-state index contributed by atoms with van der Waals surface area (Å²) in [4.78, 5) is 8.42. The highest BCUT2D eigenvalue weighted by atomic mass is 16.5. The smallest absolute Gasteiger partial charge is 0.237 e. The largest absolute Gasteiger partial charge is 0.480 e. The summed E-state index contributed by atoms with van der Waals surface area (Å²) in [6.45, 7) is 0. The summed E-state index contributed by atoms with van der Waals surface area (Å²) < 4.78 is 10.7. The van der Waals surface area contributed by atoms with Gasteiger partial charge in [0.2, 0.25) is 5.88 Å². The molecule has 2 unspecified atom stereocenters. The van der Waals surface area contributed by atoms with Crippen molar-refractivity contribution in [1.82, 2.24) is 15.4 Å². The molecule has 0 bridgehead atoms. The van der Waals surface area contributed by atoms with Crippen LogP contribution in [0.1, 0.15) is 24.6 Å². The minimum absolute atomic E-state index is 0.00519. The Balaban J connectivity index is 2.26. The average molecular weight is 238 g/mol. The van der Waals surface area contributed by atoms with E-state index in [-0.39, 0.29) is 12.1 Å². The maximum atomic E-state index is 5.62. The van der Waals surface area contributed by atoms with Crippen LogP contribution in [0.15, 0.2) is 12.4 Å². The van der Waals surface area contributed by atoms with Gasteiger partial charge in [-0.2, -0.15) is 0 Å². The Morgan fingerprint density at radius 3 is 2.59 bits per heavy atom. The molecule has 0 radical (unpaired) electrons. The third kappa shape index (κ3) is 2.54. The van der Waals surface area contributed by atoms with E-state index in [9.17, 15) is 0 Å². The van der Waals surface area contributed by atoms with E-state index in [1.54, 1.807) is 26.6 Å². The first kappa shape index (κ1) is 12.2. The van der Waals surface area contributed by atoms with Crippen molar-refractivity contribution in [3.8, 4) is 5.88 Å². The molecule has 0 saturated heterocycles. The third-order valence-corrected chi connectivity index (χ3v) is 3.05. The molecule has 0 spiro atoms. The molecule has 3 N–H and O–H groups in total. The van der Waals surface area contributed by atoms with Crippen LogP contribution in [-0.4, -0.2) is 30.3 Å². The van der Waals surface area contributed by atoms with Crippen molar-refractivity contribution < 1.29 is 9.47 Å². The van der Waals surface area contributed by atoms with E-state index in [2.05, 4.69) is 15.4 Å². The van der Waals surface area contributed by atoms with Gasteiger partial charge in [-0.05, 0) is 18.8 Å². The number of rotatable bonds is 6. The Hall–Kier alpha value is -1.24. The first-order valence-corrected chi connectivity index (χ1v) is 5.65. The number of hydrogen-bond acceptors (Lipinski definition) is 6. The Kier molecular flexibility index (Phi) is 3.88. The average Bonchev–Trinajstić information content (AvgIpc) is 3.20. The van der Waals surface area contributed by atoms with Crippen molar-refractivity contribution in [1.29, 1.82) is 0 Å². The van der Waals surface area contributed by atoms with E-state index < -0.39 is 0 Å². The molecule has 0 aliphatic heterocycles. The predicted octanol–water partition coefficient (Wildman–Crippen LogP) is 0.415. The van der Waals surface area contributed by atoms with Crippen molar-refractivity contribution in [2.75, 3.05) is 14.2 Å². The second-order valence-corrected chi connectivity index (χ2v) is 4.13. The molecule has 17 heavy (non-hydrogen) atoms. The molecule has 1 fully saturated rings. The molecule has 94 valence electrons. The second kappa shape index (κ2) is 5.39. The van der Waals surface area contributed by atoms with Gasteiger partial charge in [-0.1, -0.05) is 0 Å². The molecule has 0 aromatic carbocycles. The maximum absolute atomic E-state index is 5.62. The lowest BCUT2D eigenvalue weighted by atomic mass is 10.0. The van der Waals surface area contributed by atoms with Gasteiger partial charge in [-0.25, -0.2) is 10.4 Å². The molecule has 6 heteroatoms. The molecule has 2 rings (SSSR count). The first-order valence-electron chi connectivity index (χ1n) is 5.65. The molecular weight excluding hydrogens is 220 g/mol. The lowest BCUT2D eigenvalue weighted by molar-refractivity contribution is 0.0483. The Morgan fingerprint density at radius 1 is 1.35 bits per heavy atom. The molecule has 6 nitrogen and oxygen atoms in total. The van der Waals surface area contributed by atoms with E-state index in [0.29, 0.717) is 17.5 Å². The Labute approximate surface area is 101 Å². The second-order valence-electron chi connectivity index (χ2n) is 4.13. The highest BCUT2D eigenvalue weighted by molar-refractivity contribution is 5.23. The van der Waals surface area contributed by atoms with Crippen LogP contribution < -0.4 is 16.0 Å². The van der Waals surface area contributed by atoms with E-state index in [1.165, 1.54) is 12.8 Å². The van der Waals surface area contributed by atoms with Crippen molar-refractivity contribution in [2.45, 2.75) is 25.0 Å². The van der Waals surface area contributed by atoms with Gasteiger partial charge in [0.05, 0.1) is 19.3 Å². The van der Waals surface area contributed by atoms with Crippen LogP contribution >= 0.6 is 0 Å². The summed E-state index contributed by atoms with van der Waals surface area (Å²) in [5.41, 5.74) is 3.45. The fourth-order valence-corrected chi connectivity index (χ4v) is 2.06. The maximum Gasteiger partial charge on any atom is 0.237 e. The van der Waals surface area contributed by atoms with Gasteiger partial charge in [0.15, 0.2) is 0 Å². The number of methoxy groups -OCH3 is 2. The van der Waals surface area contributed by atoms with Gasteiger partial charge in [-0.3, -0.25) is 10.8 Å². The van der Waals surface area contributed by atoms with Gasteiger partial charge in [0.25, 0.3) is 0 Å². The van der Waals surface area contributed by atoms with E-state index >= 15 is 0 Å². The Morgan fingerprint density at radius 2 is 2.06 bits per heavy atom. The number of aromatic nitrogens is 2. The third-order valence-electron chi connectivity index (χ3n) is 3.05. The van der Waals surface area contributed by atoms with Crippen molar-refractivity contribution >= 4 is 0 Å². The van der Waals surface area contributed by atoms with Crippen LogP contribution in [0.3, 0.4) is 0 Å². The van der Waals surface area contributed by atoms with Gasteiger partial charge >= 0.3 is 0 Å². The molecule has 0 amide bonds. The lowest BCUT2D eigenvalue weighted by Gasteiger charge is -2.25. The predicted molar refractivity (Wildman–Crippen MR) is 62.2 cm³/mol. The van der Waals surface area contributed by atoms with E-state index in [0.717, 1.165) is 0 Å². The normalized spacial score (nSPS) is 18.8. The fourth-order valence-electron chi connectivity index (χ4n) is 2.06. The molecule has 1 heterocycles. The highest BCUT2D eigenvalue weighted by Crippen LogP contribution is 2.40. The number of hydrazine groups is 1. The topological polar surface area (TPSA) is 82.3 Å². The number of hydrogen-bond donors (Lipinski definition) is 2. The van der Waals surface area contributed by atoms with Crippen LogP contribution in [0, 0.1) is 5.92 Å². The molecule has 1 aromatic rings. The van der Waals surface area contributed by atoms with Crippen LogP contribution in [0.25, 0.3) is 0 Å². The number of ether oxygens (including phenoxy) is 2. The molecule has 1 saturated carbocycles. The summed E-state index contributed by atoms with van der Waals surface area (Å²) in [6, 6.07) is -0.198. The summed E-state index contributed by atoms with van der Waals surface area (Å²) in [5, 5.41) is 0. The first-order chi connectivity index (χ1) is 8.31. The molecule has 1 aliphatic carbocycles. The molecule has 2 atom stereocenters. The fraction of sp³-hybridized carbons (Fsp3) is 0.636. The van der Waals surface area contributed by atoms with E-state index in [1.807, 2.05) is 0 Å². The minimum Gasteiger partial charge on any atom is -0.480 e. The highest BCUT2D eigenvalue weighted by Gasteiger charge is 2.39. The van der Waals surface area contributed by atoms with Crippen LogP contribution in [0.2, 0.25) is 0 Å². The van der Waals surface area contributed by atoms with Crippen molar-refractivity contribution in [3.63, 3.8) is 0 Å². The summed E-state index contributed by atoms with van der Waals surface area (Å²) in [7, 11) is 3.26. The van der Waals surface area contributed by atoms with Gasteiger partial charge in [0.1, 0.15) is 5.69 Å². The van der Waals surface area contributed by atoms with E-state index in [4.69, 9.17) is 15.3 Å². The van der Waals surface area contributed by atoms with Crippen molar-refractivity contribution in [3.05, 3.63) is 18.1 Å².